The Labute approximate surface area is 142 Å². The van der Waals surface area contributed by atoms with Gasteiger partial charge in [0.15, 0.2) is 0 Å². The highest BCUT2D eigenvalue weighted by Crippen LogP contribution is 2.35. The number of piperidine rings is 1. The van der Waals surface area contributed by atoms with E-state index in [1.807, 2.05) is 0 Å². The van der Waals surface area contributed by atoms with Crippen LogP contribution in [0.3, 0.4) is 0 Å². The quantitative estimate of drug-likeness (QED) is 0.706. The molecule has 0 unspecified atom stereocenters. The summed E-state index contributed by atoms with van der Waals surface area (Å²) in [5, 5.41) is 13.2. The van der Waals surface area contributed by atoms with E-state index in [0.717, 1.165) is 0 Å². The van der Waals surface area contributed by atoms with Gasteiger partial charge in [-0.3, -0.25) is 4.79 Å². The fraction of sp³-hybridized carbons (Fsp3) is 0.846. The molecule has 0 aromatic heterocycles. The monoisotopic (exact) mass is 389 g/mol. The molecule has 0 aromatic carbocycles. The van der Waals surface area contributed by atoms with E-state index >= 15 is 0 Å². The molecule has 0 spiro atoms. The predicted molar refractivity (Wildman–Crippen MR) is 79.6 cm³/mol. The van der Waals surface area contributed by atoms with Gasteiger partial charge in [-0.25, -0.2) is 30.3 Å². The summed E-state index contributed by atoms with van der Waals surface area (Å²) in [4.78, 5) is 12.4. The lowest BCUT2D eigenvalue weighted by atomic mass is 9.96. The normalized spacial score (nSPS) is 26.6. The van der Waals surface area contributed by atoms with Crippen molar-refractivity contribution in [1.29, 1.82) is 0 Å². The fourth-order valence-corrected chi connectivity index (χ4v) is 3.99. The van der Waals surface area contributed by atoms with Crippen LogP contribution in [0.15, 0.2) is 5.10 Å². The van der Waals surface area contributed by atoms with Crippen LogP contribution >= 0.6 is 0 Å². The lowest BCUT2D eigenvalue weighted by molar-refractivity contribution is -0.195. The van der Waals surface area contributed by atoms with Crippen LogP contribution in [-0.2, 0) is 14.8 Å². The van der Waals surface area contributed by atoms with E-state index in [0.29, 0.717) is 0 Å². The molecule has 1 fully saturated rings. The summed E-state index contributed by atoms with van der Waals surface area (Å²) in [5.74, 6) is -1.99. The van der Waals surface area contributed by atoms with E-state index in [9.17, 15) is 35.9 Å². The van der Waals surface area contributed by atoms with Crippen molar-refractivity contribution < 1.29 is 35.9 Å². The van der Waals surface area contributed by atoms with E-state index in [1.54, 1.807) is 0 Å². The highest BCUT2D eigenvalue weighted by Gasteiger charge is 2.54. The molecule has 25 heavy (non-hydrogen) atoms. The summed E-state index contributed by atoms with van der Waals surface area (Å²) in [6, 6.07) is 0. The largest absolute Gasteiger partial charge is 0.364 e. The third kappa shape index (κ3) is 3.80. The van der Waals surface area contributed by atoms with Gasteiger partial charge in [0.25, 0.3) is 12.9 Å². The van der Waals surface area contributed by atoms with Gasteiger partial charge < -0.3 is 5.11 Å². The van der Waals surface area contributed by atoms with Crippen molar-refractivity contribution in [3.05, 3.63) is 0 Å². The molecular weight excluding hydrogens is 370 g/mol. The average Bonchev–Trinajstić information content (AvgIpc) is 2.94. The third-order valence-electron chi connectivity index (χ3n) is 4.41. The first kappa shape index (κ1) is 20.0. The molecule has 2 rings (SSSR count). The Kier molecular flexibility index (Phi) is 5.74. The van der Waals surface area contributed by atoms with Crippen molar-refractivity contribution in [2.45, 2.75) is 44.8 Å². The average molecular weight is 389 g/mol. The molecule has 12 heteroatoms. The summed E-state index contributed by atoms with van der Waals surface area (Å²) < 4.78 is 76.6. The minimum atomic E-state index is -3.47. The summed E-state index contributed by atoms with van der Waals surface area (Å²) in [6.45, 7) is 1.50. The molecule has 7 nitrogen and oxygen atoms in total. The number of halogens is 4. The second kappa shape index (κ2) is 7.16. The number of carbonyl (C=O) groups excluding carboxylic acids is 1. The topological polar surface area (TPSA) is 90.3 Å². The van der Waals surface area contributed by atoms with E-state index in [1.165, 1.54) is 11.2 Å². The molecule has 1 amide bonds. The minimum Gasteiger partial charge on any atom is -0.364 e. The summed E-state index contributed by atoms with van der Waals surface area (Å²) in [7, 11) is -3.43. The van der Waals surface area contributed by atoms with E-state index in [-0.39, 0.29) is 36.7 Å². The number of hydrogen-bond donors (Lipinski definition) is 1. The van der Waals surface area contributed by atoms with Crippen molar-refractivity contribution in [3.8, 4) is 0 Å². The SMILES string of the molecule is CCS(=O)(=O)N1CCC(C(=O)N2N=C(C(F)F)C[C@]2(O)C(F)F)CC1. The molecule has 0 bridgehead atoms. The van der Waals surface area contributed by atoms with Crippen LogP contribution in [0.2, 0.25) is 0 Å². The van der Waals surface area contributed by atoms with Crippen molar-refractivity contribution in [2.24, 2.45) is 11.0 Å². The molecule has 0 aliphatic carbocycles. The zero-order chi connectivity index (χ0) is 19.0. The zero-order valence-corrected chi connectivity index (χ0v) is 14.2. The Balaban J connectivity index is 2.14. The van der Waals surface area contributed by atoms with Gasteiger partial charge in [0.2, 0.25) is 21.7 Å². The predicted octanol–water partition coefficient (Wildman–Crippen LogP) is 0.855. The van der Waals surface area contributed by atoms with Crippen molar-refractivity contribution >= 4 is 21.6 Å². The van der Waals surface area contributed by atoms with Gasteiger partial charge in [0.05, 0.1) is 5.75 Å². The van der Waals surface area contributed by atoms with Gasteiger partial charge in [-0.1, -0.05) is 0 Å². The Morgan fingerprint density at radius 1 is 1.32 bits per heavy atom. The first-order chi connectivity index (χ1) is 11.5. The van der Waals surface area contributed by atoms with Crippen molar-refractivity contribution in [1.82, 2.24) is 9.31 Å². The van der Waals surface area contributed by atoms with Gasteiger partial charge in [-0.2, -0.15) is 10.1 Å². The number of hydrazone groups is 1. The van der Waals surface area contributed by atoms with Crippen LogP contribution in [0.1, 0.15) is 26.2 Å². The number of amides is 1. The van der Waals surface area contributed by atoms with Crippen LogP contribution in [0.25, 0.3) is 0 Å². The fourth-order valence-electron chi connectivity index (χ4n) is 2.86. The van der Waals surface area contributed by atoms with Gasteiger partial charge in [0, 0.05) is 25.4 Å². The lowest BCUT2D eigenvalue weighted by Gasteiger charge is -2.35. The molecule has 0 aromatic rings. The van der Waals surface area contributed by atoms with E-state index < -0.39 is 52.6 Å². The molecule has 144 valence electrons. The highest BCUT2D eigenvalue weighted by atomic mass is 32.2. The molecule has 2 aliphatic heterocycles. The maximum Gasteiger partial charge on any atom is 0.287 e. The Morgan fingerprint density at radius 3 is 2.32 bits per heavy atom. The maximum absolute atomic E-state index is 13.2. The van der Waals surface area contributed by atoms with Crippen LogP contribution in [0.5, 0.6) is 0 Å². The molecular formula is C13H19F4N3O4S. The first-order valence-corrected chi connectivity index (χ1v) is 9.31. The Hall–Kier alpha value is -1.27. The number of aliphatic hydroxyl groups is 1. The van der Waals surface area contributed by atoms with Gasteiger partial charge in [-0.05, 0) is 19.8 Å². The van der Waals surface area contributed by atoms with Crippen LogP contribution in [-0.4, -0.2) is 71.9 Å². The summed E-state index contributed by atoms with van der Waals surface area (Å²) in [6.07, 6.45) is -7.70. The minimum absolute atomic E-state index is 0.0128. The zero-order valence-electron chi connectivity index (χ0n) is 13.4. The molecule has 0 radical (unpaired) electrons. The number of rotatable bonds is 5. The standard InChI is InChI=1S/C13H19F4N3O4S/c1-2-25(23,24)19-5-3-8(4-6-19)11(21)20-13(22,12(16)17)7-9(18-20)10(14)15/h8,10,12,22H,2-7H2,1H3/t13-/m0/s1. The molecule has 0 saturated carbocycles. The number of carbonyl (C=O) groups is 1. The third-order valence-corrected chi connectivity index (χ3v) is 6.29. The number of hydrogen-bond acceptors (Lipinski definition) is 5. The summed E-state index contributed by atoms with van der Waals surface area (Å²) >= 11 is 0. The van der Waals surface area contributed by atoms with E-state index in [4.69, 9.17) is 0 Å². The van der Waals surface area contributed by atoms with Crippen molar-refractivity contribution in [2.75, 3.05) is 18.8 Å². The highest BCUT2D eigenvalue weighted by molar-refractivity contribution is 7.89. The molecule has 1 atom stereocenters. The molecule has 1 N–H and O–H groups in total. The van der Waals surface area contributed by atoms with E-state index in [2.05, 4.69) is 5.10 Å². The smallest absolute Gasteiger partial charge is 0.287 e. The second-order valence-corrected chi connectivity index (χ2v) is 8.23. The van der Waals surface area contributed by atoms with Crippen LogP contribution in [0.4, 0.5) is 17.6 Å². The van der Waals surface area contributed by atoms with Crippen LogP contribution in [0, 0.1) is 5.92 Å². The number of alkyl halides is 4. The molecule has 2 heterocycles. The maximum atomic E-state index is 13.2. The van der Waals surface area contributed by atoms with Gasteiger partial charge in [-0.15, -0.1) is 0 Å². The van der Waals surface area contributed by atoms with Crippen LogP contribution < -0.4 is 0 Å². The molecule has 2 aliphatic rings. The first-order valence-electron chi connectivity index (χ1n) is 7.71. The Morgan fingerprint density at radius 2 is 1.88 bits per heavy atom. The second-order valence-electron chi connectivity index (χ2n) is 5.97. The number of nitrogens with zero attached hydrogens (tertiary/aromatic N) is 3. The molecule has 1 saturated heterocycles. The summed E-state index contributed by atoms with van der Waals surface area (Å²) in [5.41, 5.74) is -4.09. The number of sulfonamides is 1. The van der Waals surface area contributed by atoms with Gasteiger partial charge in [0.1, 0.15) is 5.71 Å². The van der Waals surface area contributed by atoms with Crippen molar-refractivity contribution in [3.63, 3.8) is 0 Å². The lowest BCUT2D eigenvalue weighted by Crippen LogP contribution is -2.54. The Bertz CT molecular complexity index is 650. The van der Waals surface area contributed by atoms with Gasteiger partial charge >= 0.3 is 0 Å².